The van der Waals surface area contributed by atoms with Gasteiger partial charge in [0.1, 0.15) is 5.75 Å². The van der Waals surface area contributed by atoms with Crippen molar-refractivity contribution in [2.24, 2.45) is 5.92 Å². The van der Waals surface area contributed by atoms with Crippen molar-refractivity contribution in [2.45, 2.75) is 31.3 Å². The monoisotopic (exact) mass is 513 g/mol. The number of likely N-dealkylation sites (tertiary alicyclic amines) is 1. The molecule has 1 saturated heterocycles. The zero-order chi connectivity index (χ0) is 25.6. The molecule has 0 saturated carbocycles. The van der Waals surface area contributed by atoms with E-state index in [1.54, 1.807) is 10.6 Å². The maximum Gasteiger partial charge on any atom is 0.266 e. The van der Waals surface area contributed by atoms with Crippen LogP contribution in [0.2, 0.25) is 0 Å². The molecule has 5 rings (SSSR count). The average Bonchev–Trinajstić information content (AvgIpc) is 2.94. The predicted molar refractivity (Wildman–Crippen MR) is 149 cm³/mol. The predicted octanol–water partition coefficient (Wildman–Crippen LogP) is 5.36. The summed E-state index contributed by atoms with van der Waals surface area (Å²) in [6.07, 6.45) is 3.08. The number of nitrogens with zero attached hydrogens (tertiary/aromatic N) is 3. The van der Waals surface area contributed by atoms with Gasteiger partial charge in [-0.3, -0.25) is 14.2 Å². The van der Waals surface area contributed by atoms with Gasteiger partial charge in [0.05, 0.1) is 29.0 Å². The second kappa shape index (κ2) is 11.6. The highest BCUT2D eigenvalue weighted by Gasteiger charge is 2.24. The quantitative estimate of drug-likeness (QED) is 0.235. The van der Waals surface area contributed by atoms with Crippen LogP contribution < -0.4 is 10.3 Å². The minimum absolute atomic E-state index is 0.0869. The standard InChI is InChI=1S/C30H31N3O3S/c1-2-36-25-14-12-24(13-15-25)33-29(35)26-10-6-7-11-27(26)31-30(33)37-21-28(34)32-18-16-23(17-19-32)20-22-8-4-3-5-9-22/h3-15,23H,2,16-21H2,1H3. The highest BCUT2D eigenvalue weighted by atomic mass is 32.2. The Balaban J connectivity index is 1.30. The van der Waals surface area contributed by atoms with Gasteiger partial charge >= 0.3 is 0 Å². The number of para-hydroxylation sites is 1. The fraction of sp³-hybridized carbons (Fsp3) is 0.300. The van der Waals surface area contributed by atoms with Crippen LogP contribution in [0.4, 0.5) is 0 Å². The number of amides is 1. The molecule has 1 aliphatic heterocycles. The maximum atomic E-state index is 13.5. The third kappa shape index (κ3) is 5.88. The average molecular weight is 514 g/mol. The molecular formula is C30H31N3O3S. The number of thioether (sulfide) groups is 1. The van der Waals surface area contributed by atoms with Crippen LogP contribution in [0.1, 0.15) is 25.3 Å². The molecule has 1 amide bonds. The van der Waals surface area contributed by atoms with Crippen LogP contribution in [-0.4, -0.2) is 45.8 Å². The van der Waals surface area contributed by atoms with Crippen molar-refractivity contribution in [3.8, 4) is 11.4 Å². The summed E-state index contributed by atoms with van der Waals surface area (Å²) < 4.78 is 7.16. The first-order chi connectivity index (χ1) is 18.1. The lowest BCUT2D eigenvalue weighted by Gasteiger charge is -2.32. The van der Waals surface area contributed by atoms with Gasteiger partial charge in [-0.05, 0) is 74.1 Å². The Labute approximate surface area is 221 Å². The molecule has 0 unspecified atom stereocenters. The van der Waals surface area contributed by atoms with E-state index in [9.17, 15) is 9.59 Å². The minimum atomic E-state index is -0.147. The number of fused-ring (bicyclic) bond motifs is 1. The molecular weight excluding hydrogens is 482 g/mol. The summed E-state index contributed by atoms with van der Waals surface area (Å²) >= 11 is 1.32. The summed E-state index contributed by atoms with van der Waals surface area (Å²) in [6.45, 7) is 4.05. The molecule has 0 radical (unpaired) electrons. The molecule has 190 valence electrons. The van der Waals surface area contributed by atoms with Gasteiger partial charge in [0.2, 0.25) is 5.91 Å². The Morgan fingerprint density at radius 2 is 1.68 bits per heavy atom. The minimum Gasteiger partial charge on any atom is -0.494 e. The lowest BCUT2D eigenvalue weighted by Crippen LogP contribution is -2.40. The molecule has 6 nitrogen and oxygen atoms in total. The molecule has 0 atom stereocenters. The Kier molecular flexibility index (Phi) is 7.90. The van der Waals surface area contributed by atoms with E-state index in [1.165, 1.54) is 17.3 Å². The van der Waals surface area contributed by atoms with Crippen LogP contribution in [0.15, 0.2) is 88.8 Å². The van der Waals surface area contributed by atoms with E-state index in [1.807, 2.05) is 60.4 Å². The fourth-order valence-corrected chi connectivity index (χ4v) is 5.76. The topological polar surface area (TPSA) is 64.4 Å². The molecule has 0 spiro atoms. The lowest BCUT2D eigenvalue weighted by atomic mass is 9.90. The van der Waals surface area contributed by atoms with Gasteiger partial charge in [-0.2, -0.15) is 0 Å². The molecule has 4 aromatic rings. The van der Waals surface area contributed by atoms with Crippen molar-refractivity contribution >= 4 is 28.6 Å². The summed E-state index contributed by atoms with van der Waals surface area (Å²) in [7, 11) is 0. The SMILES string of the molecule is CCOc1ccc(-n2c(SCC(=O)N3CCC(Cc4ccccc4)CC3)nc3ccccc3c2=O)cc1. The second-order valence-corrected chi connectivity index (χ2v) is 10.2. The molecule has 3 aromatic carbocycles. The van der Waals surface area contributed by atoms with Crippen LogP contribution in [0.5, 0.6) is 5.75 Å². The van der Waals surface area contributed by atoms with Gasteiger partial charge in [-0.15, -0.1) is 0 Å². The van der Waals surface area contributed by atoms with E-state index in [0.29, 0.717) is 34.3 Å². The number of hydrogen-bond acceptors (Lipinski definition) is 5. The molecule has 1 aromatic heterocycles. The molecule has 7 heteroatoms. The summed E-state index contributed by atoms with van der Waals surface area (Å²) in [6, 6.07) is 25.3. The highest BCUT2D eigenvalue weighted by Crippen LogP contribution is 2.25. The van der Waals surface area contributed by atoms with E-state index in [0.717, 1.165) is 38.1 Å². The highest BCUT2D eigenvalue weighted by molar-refractivity contribution is 7.99. The zero-order valence-electron chi connectivity index (χ0n) is 21.0. The Morgan fingerprint density at radius 3 is 2.41 bits per heavy atom. The van der Waals surface area contributed by atoms with Crippen molar-refractivity contribution in [3.05, 3.63) is 94.8 Å². The first kappa shape index (κ1) is 25.1. The molecule has 2 heterocycles. The van der Waals surface area contributed by atoms with Crippen molar-refractivity contribution in [1.29, 1.82) is 0 Å². The Morgan fingerprint density at radius 1 is 0.973 bits per heavy atom. The van der Waals surface area contributed by atoms with Gasteiger partial charge in [0, 0.05) is 13.1 Å². The zero-order valence-corrected chi connectivity index (χ0v) is 21.8. The largest absolute Gasteiger partial charge is 0.494 e. The summed E-state index contributed by atoms with van der Waals surface area (Å²) in [5.41, 5.74) is 2.54. The smallest absolute Gasteiger partial charge is 0.266 e. The summed E-state index contributed by atoms with van der Waals surface area (Å²) in [5.74, 6) is 1.67. The fourth-order valence-electron chi connectivity index (χ4n) is 4.85. The number of benzene rings is 3. The Hall–Kier alpha value is -3.58. The van der Waals surface area contributed by atoms with E-state index in [4.69, 9.17) is 9.72 Å². The van der Waals surface area contributed by atoms with Crippen LogP contribution in [0, 0.1) is 5.92 Å². The summed E-state index contributed by atoms with van der Waals surface area (Å²) in [4.78, 5) is 33.3. The molecule has 0 bridgehead atoms. The number of rotatable bonds is 8. The van der Waals surface area contributed by atoms with Gasteiger partial charge in [-0.1, -0.05) is 54.2 Å². The molecule has 1 fully saturated rings. The van der Waals surface area contributed by atoms with E-state index in [-0.39, 0.29) is 17.2 Å². The third-order valence-corrected chi connectivity index (χ3v) is 7.73. The Bertz CT molecular complexity index is 1410. The van der Waals surface area contributed by atoms with Gasteiger partial charge in [0.25, 0.3) is 5.56 Å². The van der Waals surface area contributed by atoms with Crippen LogP contribution >= 0.6 is 11.8 Å². The van der Waals surface area contributed by atoms with Crippen LogP contribution in [-0.2, 0) is 11.2 Å². The van der Waals surface area contributed by atoms with Gasteiger partial charge < -0.3 is 9.64 Å². The third-order valence-electron chi connectivity index (χ3n) is 6.81. The van der Waals surface area contributed by atoms with Gasteiger partial charge in [-0.25, -0.2) is 4.98 Å². The van der Waals surface area contributed by atoms with Crippen LogP contribution in [0.3, 0.4) is 0 Å². The number of carbonyl (C=O) groups is 1. The normalized spacial score (nSPS) is 14.1. The van der Waals surface area contributed by atoms with Crippen molar-refractivity contribution in [2.75, 3.05) is 25.4 Å². The van der Waals surface area contributed by atoms with E-state index in [2.05, 4.69) is 24.3 Å². The van der Waals surface area contributed by atoms with Crippen molar-refractivity contribution in [1.82, 2.24) is 14.5 Å². The maximum absolute atomic E-state index is 13.5. The molecule has 0 N–H and O–H groups in total. The number of ether oxygens (including phenoxy) is 1. The second-order valence-electron chi connectivity index (χ2n) is 9.28. The van der Waals surface area contributed by atoms with Crippen molar-refractivity contribution in [3.63, 3.8) is 0 Å². The molecule has 0 aliphatic carbocycles. The van der Waals surface area contributed by atoms with E-state index >= 15 is 0 Å². The van der Waals surface area contributed by atoms with Crippen LogP contribution in [0.25, 0.3) is 16.6 Å². The number of hydrogen-bond donors (Lipinski definition) is 0. The number of aromatic nitrogens is 2. The number of piperidine rings is 1. The summed E-state index contributed by atoms with van der Waals surface area (Å²) in [5, 5.41) is 1.06. The molecule has 37 heavy (non-hydrogen) atoms. The lowest BCUT2D eigenvalue weighted by molar-refractivity contribution is -0.129. The van der Waals surface area contributed by atoms with E-state index < -0.39 is 0 Å². The first-order valence-corrected chi connectivity index (χ1v) is 13.8. The van der Waals surface area contributed by atoms with Crippen molar-refractivity contribution < 1.29 is 9.53 Å². The molecule has 1 aliphatic rings. The van der Waals surface area contributed by atoms with Gasteiger partial charge in [0.15, 0.2) is 5.16 Å². The first-order valence-electron chi connectivity index (χ1n) is 12.8. The number of carbonyl (C=O) groups excluding carboxylic acids is 1.